The van der Waals surface area contributed by atoms with Gasteiger partial charge < -0.3 is 0 Å². The van der Waals surface area contributed by atoms with Crippen LogP contribution in [0.25, 0.3) is 12.2 Å². The molecule has 0 amide bonds. The number of halogens is 8. The van der Waals surface area contributed by atoms with Crippen LogP contribution in [0.3, 0.4) is 0 Å². The molecule has 0 fully saturated rings. The topological polar surface area (TPSA) is 71.4 Å². The Morgan fingerprint density at radius 2 is 0.886 bits per heavy atom. The van der Waals surface area contributed by atoms with E-state index < -0.39 is 74.7 Å². The second-order valence-corrected chi connectivity index (χ2v) is 7.00. The van der Waals surface area contributed by atoms with Crippen LogP contribution >= 0.6 is 0 Å². The average molecular weight is 495 g/mol. The Morgan fingerprint density at radius 3 is 1.09 bits per heavy atom. The SMILES string of the molecule is CCC(C#N)=Cc1c(F)c(F)c(C(C#N)c2c(F)c(F)c(C=C(C#N)CC)c(F)c2F)c(F)c1F. The van der Waals surface area contributed by atoms with E-state index in [1.807, 2.05) is 0 Å². The Hall–Kier alpha value is -4.17. The Bertz CT molecular complexity index is 1230. The first-order valence-electron chi connectivity index (χ1n) is 9.82. The van der Waals surface area contributed by atoms with E-state index in [0.717, 1.165) is 6.07 Å². The van der Waals surface area contributed by atoms with E-state index >= 15 is 0 Å². The van der Waals surface area contributed by atoms with Crippen molar-refractivity contribution in [1.82, 2.24) is 0 Å². The first-order chi connectivity index (χ1) is 16.5. The van der Waals surface area contributed by atoms with Gasteiger partial charge in [0.2, 0.25) is 0 Å². The molecule has 0 aliphatic carbocycles. The highest BCUT2D eigenvalue weighted by Gasteiger charge is 2.36. The smallest absolute Gasteiger partial charge is 0.169 e. The molecular weight excluding hydrogens is 482 g/mol. The number of nitrogens with zero attached hydrogens (tertiary/aromatic N) is 3. The standard InChI is InChI=1S/C24H13F8N3/c1-3-10(7-33)5-12-17(25)21(29)15(22(30)18(12)26)14(9-35)16-23(31)19(27)13(20(28)24(16)32)6-11(4-2)8-34/h5-6,14H,3-4H2,1-2H3. The van der Waals surface area contributed by atoms with Crippen molar-refractivity contribution in [3.05, 3.63) is 79.9 Å². The number of rotatable bonds is 6. The first kappa shape index (κ1) is 27.1. The molecule has 0 atom stereocenters. The Kier molecular flexibility index (Phi) is 8.38. The van der Waals surface area contributed by atoms with Crippen LogP contribution in [0.2, 0.25) is 0 Å². The van der Waals surface area contributed by atoms with Crippen molar-refractivity contribution < 1.29 is 35.1 Å². The van der Waals surface area contributed by atoms with Crippen LogP contribution < -0.4 is 0 Å². The number of nitriles is 3. The van der Waals surface area contributed by atoms with E-state index in [-0.39, 0.29) is 24.0 Å². The fourth-order valence-corrected chi connectivity index (χ4v) is 3.14. The fraction of sp³-hybridized carbons (Fsp3) is 0.208. The van der Waals surface area contributed by atoms with Crippen LogP contribution in [-0.2, 0) is 0 Å². The van der Waals surface area contributed by atoms with E-state index in [1.54, 1.807) is 12.1 Å². The molecule has 2 rings (SSSR count). The zero-order valence-corrected chi connectivity index (χ0v) is 18.0. The predicted molar refractivity (Wildman–Crippen MR) is 108 cm³/mol. The van der Waals surface area contributed by atoms with Gasteiger partial charge in [0.05, 0.1) is 40.5 Å². The summed E-state index contributed by atoms with van der Waals surface area (Å²) in [6.07, 6.45) is 0.874. The molecule has 0 aliphatic heterocycles. The second-order valence-electron chi connectivity index (χ2n) is 7.00. The average Bonchev–Trinajstić information content (AvgIpc) is 2.86. The van der Waals surface area contributed by atoms with E-state index in [0.29, 0.717) is 12.2 Å². The summed E-state index contributed by atoms with van der Waals surface area (Å²) in [5, 5.41) is 27.1. The van der Waals surface area contributed by atoms with Crippen molar-refractivity contribution in [3.8, 4) is 18.2 Å². The lowest BCUT2D eigenvalue weighted by Crippen LogP contribution is -2.16. The van der Waals surface area contributed by atoms with Gasteiger partial charge in [0, 0.05) is 11.1 Å². The largest absolute Gasteiger partial charge is 0.203 e. The third kappa shape index (κ3) is 4.74. The Balaban J connectivity index is 2.91. The summed E-state index contributed by atoms with van der Waals surface area (Å²) in [5.74, 6) is -20.2. The highest BCUT2D eigenvalue weighted by Crippen LogP contribution is 2.38. The maximum Gasteiger partial charge on any atom is 0.169 e. The number of allylic oxidation sites excluding steroid dienone is 2. The van der Waals surface area contributed by atoms with Crippen LogP contribution in [-0.4, -0.2) is 0 Å². The summed E-state index contributed by atoms with van der Waals surface area (Å²) in [6, 6.07) is 4.10. The van der Waals surface area contributed by atoms with Crippen molar-refractivity contribution in [2.45, 2.75) is 32.6 Å². The van der Waals surface area contributed by atoms with Gasteiger partial charge in [-0.05, 0) is 25.0 Å². The van der Waals surface area contributed by atoms with E-state index in [1.165, 1.54) is 13.8 Å². The molecule has 11 heteroatoms. The molecule has 0 N–H and O–H groups in total. The summed E-state index contributed by atoms with van der Waals surface area (Å²) in [7, 11) is 0. The van der Waals surface area contributed by atoms with Gasteiger partial charge in [0.1, 0.15) is 5.92 Å². The van der Waals surface area contributed by atoms with Gasteiger partial charge in [-0.15, -0.1) is 0 Å². The van der Waals surface area contributed by atoms with Crippen molar-refractivity contribution >= 4 is 12.2 Å². The van der Waals surface area contributed by atoms with Gasteiger partial charge in [-0.3, -0.25) is 0 Å². The van der Waals surface area contributed by atoms with Crippen LogP contribution in [0, 0.1) is 80.5 Å². The summed E-state index contributed by atoms with van der Waals surface area (Å²) in [4.78, 5) is 0. The maximum atomic E-state index is 14.8. The Morgan fingerprint density at radius 1 is 0.600 bits per heavy atom. The molecule has 180 valence electrons. The monoisotopic (exact) mass is 495 g/mol. The third-order valence-corrected chi connectivity index (χ3v) is 5.06. The van der Waals surface area contributed by atoms with Crippen LogP contribution in [0.15, 0.2) is 11.1 Å². The number of benzene rings is 2. The predicted octanol–water partition coefficient (Wildman–Crippen LogP) is 7.09. The number of hydrogen-bond acceptors (Lipinski definition) is 3. The minimum Gasteiger partial charge on any atom is -0.203 e. The van der Waals surface area contributed by atoms with Crippen molar-refractivity contribution in [2.24, 2.45) is 0 Å². The molecule has 0 saturated heterocycles. The van der Waals surface area contributed by atoms with Gasteiger partial charge in [0.15, 0.2) is 46.5 Å². The molecule has 0 radical (unpaired) electrons. The van der Waals surface area contributed by atoms with Gasteiger partial charge in [-0.25, -0.2) is 35.1 Å². The molecular formula is C24H13F8N3. The lowest BCUT2D eigenvalue weighted by molar-refractivity contribution is 0.419. The highest BCUT2D eigenvalue weighted by atomic mass is 19.2. The zero-order chi connectivity index (χ0) is 26.6. The third-order valence-electron chi connectivity index (χ3n) is 5.06. The minimum absolute atomic E-state index is 0.0670. The molecule has 0 unspecified atom stereocenters. The lowest BCUT2D eigenvalue weighted by Gasteiger charge is -2.18. The van der Waals surface area contributed by atoms with Gasteiger partial charge in [0.25, 0.3) is 0 Å². The summed E-state index contributed by atoms with van der Waals surface area (Å²) >= 11 is 0. The quantitative estimate of drug-likeness (QED) is 0.244. The molecule has 0 aromatic heterocycles. The van der Waals surface area contributed by atoms with Crippen molar-refractivity contribution in [1.29, 1.82) is 15.8 Å². The zero-order valence-electron chi connectivity index (χ0n) is 18.0. The molecule has 3 nitrogen and oxygen atoms in total. The maximum absolute atomic E-state index is 14.8. The van der Waals surface area contributed by atoms with Gasteiger partial charge >= 0.3 is 0 Å². The van der Waals surface area contributed by atoms with Crippen molar-refractivity contribution in [2.75, 3.05) is 0 Å². The van der Waals surface area contributed by atoms with Crippen LogP contribution in [0.4, 0.5) is 35.1 Å². The normalized spacial score (nSPS) is 12.7. The molecule has 0 aliphatic rings. The number of hydrogen-bond donors (Lipinski definition) is 0. The van der Waals surface area contributed by atoms with Crippen LogP contribution in [0.5, 0.6) is 0 Å². The van der Waals surface area contributed by atoms with E-state index in [2.05, 4.69) is 0 Å². The van der Waals surface area contributed by atoms with Crippen LogP contribution in [0.1, 0.15) is 54.9 Å². The minimum atomic E-state index is -2.86. The second kappa shape index (κ2) is 10.8. The van der Waals surface area contributed by atoms with E-state index in [9.17, 15) is 40.4 Å². The molecule has 0 saturated carbocycles. The lowest BCUT2D eigenvalue weighted by atomic mass is 9.88. The molecule has 0 bridgehead atoms. The first-order valence-corrected chi connectivity index (χ1v) is 9.82. The highest BCUT2D eigenvalue weighted by molar-refractivity contribution is 5.62. The summed E-state index contributed by atoms with van der Waals surface area (Å²) < 4.78 is 117. The molecule has 2 aromatic rings. The van der Waals surface area contributed by atoms with Crippen molar-refractivity contribution in [3.63, 3.8) is 0 Å². The fourth-order valence-electron chi connectivity index (χ4n) is 3.14. The molecule has 0 spiro atoms. The molecule has 2 aromatic carbocycles. The van der Waals surface area contributed by atoms with Gasteiger partial charge in [-0.1, -0.05) is 13.8 Å². The summed E-state index contributed by atoms with van der Waals surface area (Å²) in [6.45, 7) is 2.82. The Labute approximate surface area is 194 Å². The summed E-state index contributed by atoms with van der Waals surface area (Å²) in [5.41, 5.74) is -6.89. The molecule has 35 heavy (non-hydrogen) atoms. The van der Waals surface area contributed by atoms with Gasteiger partial charge in [-0.2, -0.15) is 15.8 Å². The van der Waals surface area contributed by atoms with E-state index in [4.69, 9.17) is 10.5 Å². The molecule has 0 heterocycles.